The molecule has 34 heavy (non-hydrogen) atoms. The number of hydrogen-bond donors (Lipinski definition) is 0. The van der Waals surface area contributed by atoms with Gasteiger partial charge < -0.3 is 14.4 Å². The molecule has 1 fully saturated rings. The van der Waals surface area contributed by atoms with Crippen LogP contribution < -0.4 is 0 Å². The summed E-state index contributed by atoms with van der Waals surface area (Å²) in [4.78, 5) is 32.6. The van der Waals surface area contributed by atoms with Gasteiger partial charge in [-0.1, -0.05) is 18.2 Å². The largest absolute Gasteiger partial charge is 0.461 e. The fraction of sp³-hybridized carbons (Fsp3) is 0.440. The second-order valence-corrected chi connectivity index (χ2v) is 9.31. The smallest absolute Gasteiger partial charge is 0.410 e. The van der Waals surface area contributed by atoms with Crippen LogP contribution in [0.3, 0.4) is 0 Å². The van der Waals surface area contributed by atoms with Gasteiger partial charge in [-0.25, -0.2) is 19.1 Å². The third-order valence-electron chi connectivity index (χ3n) is 5.46. The Morgan fingerprint density at radius 1 is 1.06 bits per heavy atom. The predicted octanol–water partition coefficient (Wildman–Crippen LogP) is 3.63. The van der Waals surface area contributed by atoms with Crippen molar-refractivity contribution in [1.29, 1.82) is 0 Å². The van der Waals surface area contributed by atoms with Gasteiger partial charge >= 0.3 is 12.1 Å². The van der Waals surface area contributed by atoms with Crippen molar-refractivity contribution in [2.75, 3.05) is 32.8 Å². The molecule has 0 saturated carbocycles. The number of fused-ring (bicyclic) bond motifs is 1. The van der Waals surface area contributed by atoms with Gasteiger partial charge in [-0.3, -0.25) is 4.90 Å². The molecule has 3 aromatic rings. The first kappa shape index (κ1) is 23.7. The van der Waals surface area contributed by atoms with E-state index < -0.39 is 11.6 Å². The first-order chi connectivity index (χ1) is 16.2. The van der Waals surface area contributed by atoms with Crippen LogP contribution in [0.2, 0.25) is 0 Å². The average Bonchev–Trinajstić information content (AvgIpc) is 3.22. The van der Waals surface area contributed by atoms with Crippen molar-refractivity contribution < 1.29 is 19.1 Å². The number of nitrogens with zero attached hydrogens (tertiary/aromatic N) is 5. The van der Waals surface area contributed by atoms with E-state index in [-0.39, 0.29) is 11.8 Å². The van der Waals surface area contributed by atoms with Crippen LogP contribution >= 0.6 is 0 Å². The topological polar surface area (TPSA) is 89.3 Å². The van der Waals surface area contributed by atoms with E-state index in [1.165, 1.54) is 5.56 Å². The predicted molar refractivity (Wildman–Crippen MR) is 127 cm³/mol. The maximum absolute atomic E-state index is 12.3. The molecule has 3 heterocycles. The van der Waals surface area contributed by atoms with Crippen molar-refractivity contribution >= 4 is 17.7 Å². The van der Waals surface area contributed by atoms with E-state index in [0.717, 1.165) is 30.9 Å². The lowest BCUT2D eigenvalue weighted by molar-refractivity contribution is 0.0139. The first-order valence-corrected chi connectivity index (χ1v) is 11.5. The minimum absolute atomic E-state index is 0.241. The van der Waals surface area contributed by atoms with E-state index in [1.807, 2.05) is 45.0 Å². The van der Waals surface area contributed by atoms with Crippen molar-refractivity contribution in [2.24, 2.45) is 0 Å². The van der Waals surface area contributed by atoms with Crippen molar-refractivity contribution in [1.82, 2.24) is 24.4 Å². The Morgan fingerprint density at radius 3 is 2.53 bits per heavy atom. The summed E-state index contributed by atoms with van der Waals surface area (Å²) in [5, 5.41) is 4.63. The minimum Gasteiger partial charge on any atom is -0.461 e. The SMILES string of the molecule is CCOC(=O)c1cn2nc(-c3cccc(CN4CCN(C(=O)OC(C)(C)C)CC4)c3)ccc2n1. The van der Waals surface area contributed by atoms with Gasteiger partial charge in [0.25, 0.3) is 0 Å². The van der Waals surface area contributed by atoms with Crippen LogP contribution in [0.5, 0.6) is 0 Å². The zero-order valence-electron chi connectivity index (χ0n) is 20.2. The summed E-state index contributed by atoms with van der Waals surface area (Å²) in [5.74, 6) is -0.455. The molecule has 0 spiro atoms. The van der Waals surface area contributed by atoms with Crippen LogP contribution in [-0.2, 0) is 16.0 Å². The molecule has 1 aliphatic rings. The molecule has 9 heteroatoms. The molecule has 0 bridgehead atoms. The van der Waals surface area contributed by atoms with E-state index in [9.17, 15) is 9.59 Å². The number of benzene rings is 1. The van der Waals surface area contributed by atoms with Gasteiger partial charge in [-0.2, -0.15) is 5.10 Å². The highest BCUT2D eigenvalue weighted by Crippen LogP contribution is 2.21. The number of piperazine rings is 1. The maximum Gasteiger partial charge on any atom is 0.410 e. The Morgan fingerprint density at radius 2 is 1.82 bits per heavy atom. The number of aromatic nitrogens is 3. The quantitative estimate of drug-likeness (QED) is 0.532. The number of rotatable bonds is 5. The summed E-state index contributed by atoms with van der Waals surface area (Å²) >= 11 is 0. The molecule has 0 radical (unpaired) electrons. The molecule has 0 unspecified atom stereocenters. The molecule has 4 rings (SSSR count). The third-order valence-corrected chi connectivity index (χ3v) is 5.46. The highest BCUT2D eigenvalue weighted by molar-refractivity contribution is 5.87. The van der Waals surface area contributed by atoms with Gasteiger partial charge in [0.05, 0.1) is 18.5 Å². The molecule has 0 aliphatic carbocycles. The van der Waals surface area contributed by atoms with Crippen LogP contribution in [-0.4, -0.2) is 74.8 Å². The van der Waals surface area contributed by atoms with Gasteiger partial charge in [-0.05, 0) is 51.5 Å². The van der Waals surface area contributed by atoms with Crippen molar-refractivity contribution in [3.8, 4) is 11.3 Å². The number of hydrogen-bond acceptors (Lipinski definition) is 7. The second kappa shape index (κ2) is 9.80. The van der Waals surface area contributed by atoms with Crippen LogP contribution in [0, 0.1) is 0 Å². The van der Waals surface area contributed by atoms with Crippen molar-refractivity contribution in [2.45, 2.75) is 39.8 Å². The number of ether oxygens (including phenoxy) is 2. The number of imidazole rings is 1. The zero-order chi connectivity index (χ0) is 24.3. The molecular formula is C25H31N5O4. The molecule has 0 atom stereocenters. The second-order valence-electron chi connectivity index (χ2n) is 9.31. The third kappa shape index (κ3) is 5.72. The Labute approximate surface area is 199 Å². The van der Waals surface area contributed by atoms with Crippen LogP contribution in [0.15, 0.2) is 42.6 Å². The fourth-order valence-corrected chi connectivity index (χ4v) is 3.84. The first-order valence-electron chi connectivity index (χ1n) is 11.5. The number of carbonyl (C=O) groups is 2. The Kier molecular flexibility index (Phi) is 6.83. The maximum atomic E-state index is 12.3. The summed E-state index contributed by atoms with van der Waals surface area (Å²) in [5.41, 5.74) is 3.29. The molecule has 1 amide bonds. The lowest BCUT2D eigenvalue weighted by atomic mass is 10.1. The highest BCUT2D eigenvalue weighted by atomic mass is 16.6. The molecule has 0 N–H and O–H groups in total. The standard InChI is InChI=1S/C25H31N5O4/c1-5-33-23(31)21-17-30-22(26-21)10-9-20(27-30)19-8-6-7-18(15-19)16-28-11-13-29(14-12-28)24(32)34-25(2,3)4/h6-10,15,17H,5,11-14,16H2,1-4H3. The minimum atomic E-state index is -0.483. The van der Waals surface area contributed by atoms with Crippen LogP contribution in [0.25, 0.3) is 16.9 Å². The average molecular weight is 466 g/mol. The van der Waals surface area contributed by atoms with E-state index in [2.05, 4.69) is 27.1 Å². The number of carbonyl (C=O) groups excluding carboxylic acids is 2. The van der Waals surface area contributed by atoms with Crippen LogP contribution in [0.1, 0.15) is 43.7 Å². The van der Waals surface area contributed by atoms with Gasteiger partial charge in [-0.15, -0.1) is 0 Å². The molecule has 2 aromatic heterocycles. The molecule has 1 saturated heterocycles. The van der Waals surface area contributed by atoms with Crippen molar-refractivity contribution in [3.63, 3.8) is 0 Å². The summed E-state index contributed by atoms with van der Waals surface area (Å²) < 4.78 is 12.1. The summed E-state index contributed by atoms with van der Waals surface area (Å²) in [6.07, 6.45) is 1.34. The lowest BCUT2D eigenvalue weighted by Crippen LogP contribution is -2.49. The molecular weight excluding hydrogens is 434 g/mol. The molecule has 1 aliphatic heterocycles. The van der Waals surface area contributed by atoms with Gasteiger partial charge in [0.1, 0.15) is 5.60 Å². The Hall–Kier alpha value is -3.46. The summed E-state index contributed by atoms with van der Waals surface area (Å²) in [7, 11) is 0. The lowest BCUT2D eigenvalue weighted by Gasteiger charge is -2.35. The van der Waals surface area contributed by atoms with E-state index in [1.54, 1.807) is 22.5 Å². The molecule has 180 valence electrons. The zero-order valence-corrected chi connectivity index (χ0v) is 20.2. The molecule has 1 aromatic carbocycles. The van der Waals surface area contributed by atoms with E-state index in [4.69, 9.17) is 9.47 Å². The van der Waals surface area contributed by atoms with Gasteiger partial charge in [0.15, 0.2) is 11.3 Å². The molecule has 9 nitrogen and oxygen atoms in total. The summed E-state index contributed by atoms with van der Waals surface area (Å²) in [6, 6.07) is 12.0. The number of esters is 1. The van der Waals surface area contributed by atoms with Gasteiger partial charge in [0.2, 0.25) is 0 Å². The summed E-state index contributed by atoms with van der Waals surface area (Å²) in [6.45, 7) is 11.4. The van der Waals surface area contributed by atoms with Crippen molar-refractivity contribution in [3.05, 3.63) is 53.9 Å². The highest BCUT2D eigenvalue weighted by Gasteiger charge is 2.25. The monoisotopic (exact) mass is 465 g/mol. The van der Waals surface area contributed by atoms with Crippen LogP contribution in [0.4, 0.5) is 4.79 Å². The Bertz CT molecular complexity index is 1180. The Balaban J connectivity index is 1.41. The normalized spacial score (nSPS) is 14.9. The van der Waals surface area contributed by atoms with E-state index >= 15 is 0 Å². The van der Waals surface area contributed by atoms with Gasteiger partial charge in [0, 0.05) is 38.3 Å². The number of amides is 1. The van der Waals surface area contributed by atoms with E-state index in [0.29, 0.717) is 25.3 Å². The fourth-order valence-electron chi connectivity index (χ4n) is 3.84.